The van der Waals surface area contributed by atoms with Gasteiger partial charge in [0.15, 0.2) is 0 Å². The van der Waals surface area contributed by atoms with Crippen molar-refractivity contribution in [2.45, 2.75) is 45.1 Å². The normalized spacial score (nSPS) is 23.7. The van der Waals surface area contributed by atoms with Gasteiger partial charge in [0.1, 0.15) is 0 Å². The molecule has 0 radical (unpaired) electrons. The van der Waals surface area contributed by atoms with E-state index in [1.165, 1.54) is 4.68 Å². The van der Waals surface area contributed by atoms with E-state index in [1.807, 2.05) is 13.8 Å². The zero-order valence-corrected chi connectivity index (χ0v) is 16.0. The van der Waals surface area contributed by atoms with E-state index in [0.29, 0.717) is 12.5 Å². The standard InChI is InChI=1S/C19H30N4O3/c1-19(2)11-15(6-9-26-19)18(25)20-12-14-4-7-23(8-5-14)16-10-17(24)22(3)21-13-16/h10,13-15H,4-9,11-12H2,1-3H3,(H,20,25). The van der Waals surface area contributed by atoms with E-state index in [9.17, 15) is 9.59 Å². The van der Waals surface area contributed by atoms with E-state index in [-0.39, 0.29) is 23.0 Å². The van der Waals surface area contributed by atoms with Crippen molar-refractivity contribution in [1.82, 2.24) is 15.1 Å². The highest BCUT2D eigenvalue weighted by molar-refractivity contribution is 5.78. The number of rotatable bonds is 4. The van der Waals surface area contributed by atoms with Crippen LogP contribution in [0.15, 0.2) is 17.1 Å². The molecule has 3 heterocycles. The summed E-state index contributed by atoms with van der Waals surface area (Å²) in [6.07, 6.45) is 5.36. The summed E-state index contributed by atoms with van der Waals surface area (Å²) in [5, 5.41) is 7.24. The van der Waals surface area contributed by atoms with Gasteiger partial charge < -0.3 is 15.0 Å². The lowest BCUT2D eigenvalue weighted by molar-refractivity contribution is -0.135. The summed E-state index contributed by atoms with van der Waals surface area (Å²) in [6, 6.07) is 1.64. The zero-order valence-electron chi connectivity index (χ0n) is 16.0. The van der Waals surface area contributed by atoms with Crippen LogP contribution in [0.3, 0.4) is 0 Å². The molecule has 2 aliphatic rings. The highest BCUT2D eigenvalue weighted by Crippen LogP contribution is 2.29. The first-order valence-corrected chi connectivity index (χ1v) is 9.54. The fourth-order valence-corrected chi connectivity index (χ4v) is 3.87. The van der Waals surface area contributed by atoms with Gasteiger partial charge >= 0.3 is 0 Å². The van der Waals surface area contributed by atoms with Crippen molar-refractivity contribution in [3.05, 3.63) is 22.6 Å². The zero-order chi connectivity index (χ0) is 18.7. The van der Waals surface area contributed by atoms with Crippen LogP contribution in [0.1, 0.15) is 39.5 Å². The number of ether oxygens (including phenoxy) is 1. The SMILES string of the molecule is Cn1ncc(N2CCC(CNC(=O)C3CCOC(C)(C)C3)CC2)cc1=O. The Labute approximate surface area is 154 Å². The van der Waals surface area contributed by atoms with Crippen molar-refractivity contribution in [3.8, 4) is 0 Å². The minimum Gasteiger partial charge on any atom is -0.376 e. The molecular weight excluding hydrogens is 332 g/mol. The third kappa shape index (κ3) is 4.63. The largest absolute Gasteiger partial charge is 0.376 e. The molecule has 2 aliphatic heterocycles. The van der Waals surface area contributed by atoms with Gasteiger partial charge in [-0.2, -0.15) is 5.10 Å². The minimum absolute atomic E-state index is 0.0606. The number of nitrogens with one attached hydrogen (secondary N) is 1. The highest BCUT2D eigenvalue weighted by Gasteiger charge is 2.33. The Hall–Kier alpha value is -1.89. The maximum absolute atomic E-state index is 12.5. The van der Waals surface area contributed by atoms with Crippen molar-refractivity contribution >= 4 is 11.6 Å². The Morgan fingerprint density at radius 1 is 1.35 bits per heavy atom. The summed E-state index contributed by atoms with van der Waals surface area (Å²) in [6.45, 7) is 7.27. The molecule has 0 saturated carbocycles. The fraction of sp³-hybridized carbons (Fsp3) is 0.737. The number of aryl methyl sites for hydroxylation is 1. The number of amides is 1. The number of carbonyl (C=O) groups excluding carboxylic acids is 1. The molecule has 3 rings (SSSR count). The Morgan fingerprint density at radius 2 is 2.08 bits per heavy atom. The summed E-state index contributed by atoms with van der Waals surface area (Å²) in [4.78, 5) is 26.4. The smallest absolute Gasteiger partial charge is 0.268 e. The lowest BCUT2D eigenvalue weighted by atomic mass is 9.87. The molecular formula is C19H30N4O3. The summed E-state index contributed by atoms with van der Waals surface area (Å²) in [5.41, 5.74) is 0.600. The van der Waals surface area contributed by atoms with Gasteiger partial charge in [-0.25, -0.2) is 4.68 Å². The first-order chi connectivity index (χ1) is 12.3. The average molecular weight is 362 g/mol. The van der Waals surface area contributed by atoms with Crippen molar-refractivity contribution in [3.63, 3.8) is 0 Å². The van der Waals surface area contributed by atoms with Crippen molar-refractivity contribution in [1.29, 1.82) is 0 Å². The Bertz CT molecular complexity index is 692. The summed E-state index contributed by atoms with van der Waals surface area (Å²) in [7, 11) is 1.65. The van der Waals surface area contributed by atoms with Crippen LogP contribution in [0, 0.1) is 11.8 Å². The van der Waals surface area contributed by atoms with E-state index in [0.717, 1.165) is 51.0 Å². The molecule has 1 N–H and O–H groups in total. The molecule has 7 nitrogen and oxygen atoms in total. The van der Waals surface area contributed by atoms with E-state index >= 15 is 0 Å². The monoisotopic (exact) mass is 362 g/mol. The van der Waals surface area contributed by atoms with E-state index in [2.05, 4.69) is 15.3 Å². The number of hydrogen-bond donors (Lipinski definition) is 1. The first kappa shape index (κ1) is 18.9. The quantitative estimate of drug-likeness (QED) is 0.874. The van der Waals surface area contributed by atoms with Gasteiger partial charge in [0, 0.05) is 45.3 Å². The number of piperidine rings is 1. The number of anilines is 1. The van der Waals surface area contributed by atoms with Crippen molar-refractivity contribution in [2.24, 2.45) is 18.9 Å². The minimum atomic E-state index is -0.202. The number of hydrogen-bond acceptors (Lipinski definition) is 5. The van der Waals surface area contributed by atoms with Crippen LogP contribution < -0.4 is 15.8 Å². The maximum atomic E-state index is 12.5. The van der Waals surface area contributed by atoms with Crippen LogP contribution in [0.5, 0.6) is 0 Å². The van der Waals surface area contributed by atoms with Crippen LogP contribution in [0.4, 0.5) is 5.69 Å². The van der Waals surface area contributed by atoms with Gasteiger partial charge in [-0.15, -0.1) is 0 Å². The average Bonchev–Trinajstić information content (AvgIpc) is 2.61. The van der Waals surface area contributed by atoms with Crippen molar-refractivity contribution < 1.29 is 9.53 Å². The van der Waals surface area contributed by atoms with Crippen LogP contribution in [-0.4, -0.2) is 47.5 Å². The third-order valence-corrected chi connectivity index (χ3v) is 5.57. The molecule has 7 heteroatoms. The molecule has 26 heavy (non-hydrogen) atoms. The van der Waals surface area contributed by atoms with Crippen LogP contribution in [-0.2, 0) is 16.6 Å². The lowest BCUT2D eigenvalue weighted by Crippen LogP contribution is -2.44. The van der Waals surface area contributed by atoms with Crippen LogP contribution in [0.2, 0.25) is 0 Å². The van der Waals surface area contributed by atoms with Crippen LogP contribution >= 0.6 is 0 Å². The second kappa shape index (κ2) is 7.78. The molecule has 0 aromatic carbocycles. The van der Waals surface area contributed by atoms with Crippen LogP contribution in [0.25, 0.3) is 0 Å². The molecule has 2 saturated heterocycles. The third-order valence-electron chi connectivity index (χ3n) is 5.57. The topological polar surface area (TPSA) is 76.5 Å². The molecule has 0 bridgehead atoms. The predicted molar refractivity (Wildman–Crippen MR) is 100 cm³/mol. The van der Waals surface area contributed by atoms with E-state index in [1.54, 1.807) is 19.3 Å². The molecule has 1 aromatic rings. The Kier molecular flexibility index (Phi) is 5.65. The number of aromatic nitrogens is 2. The van der Waals surface area contributed by atoms with Gasteiger partial charge in [0.25, 0.3) is 5.56 Å². The van der Waals surface area contributed by atoms with Gasteiger partial charge in [-0.05, 0) is 45.4 Å². The fourth-order valence-electron chi connectivity index (χ4n) is 3.87. The summed E-state index contributed by atoms with van der Waals surface area (Å²) in [5.74, 6) is 0.715. The first-order valence-electron chi connectivity index (χ1n) is 9.54. The second-order valence-corrected chi connectivity index (χ2v) is 8.15. The Balaban J connectivity index is 1.44. The molecule has 1 aromatic heterocycles. The molecule has 1 atom stereocenters. The molecule has 0 aliphatic carbocycles. The van der Waals surface area contributed by atoms with Gasteiger partial charge in [-0.1, -0.05) is 0 Å². The number of nitrogens with zero attached hydrogens (tertiary/aromatic N) is 3. The van der Waals surface area contributed by atoms with Crippen molar-refractivity contribution in [2.75, 3.05) is 31.1 Å². The molecule has 144 valence electrons. The van der Waals surface area contributed by atoms with Gasteiger partial charge in [0.2, 0.25) is 5.91 Å². The summed E-state index contributed by atoms with van der Waals surface area (Å²) < 4.78 is 7.03. The highest BCUT2D eigenvalue weighted by atomic mass is 16.5. The lowest BCUT2D eigenvalue weighted by Gasteiger charge is -2.36. The summed E-state index contributed by atoms with van der Waals surface area (Å²) >= 11 is 0. The Morgan fingerprint density at radius 3 is 2.73 bits per heavy atom. The maximum Gasteiger partial charge on any atom is 0.268 e. The molecule has 1 amide bonds. The van der Waals surface area contributed by atoms with Gasteiger partial charge in [0.05, 0.1) is 17.5 Å². The second-order valence-electron chi connectivity index (χ2n) is 8.15. The van der Waals surface area contributed by atoms with Gasteiger partial charge in [-0.3, -0.25) is 9.59 Å². The van der Waals surface area contributed by atoms with E-state index in [4.69, 9.17) is 4.74 Å². The molecule has 2 fully saturated rings. The molecule has 0 spiro atoms. The predicted octanol–water partition coefficient (Wildman–Crippen LogP) is 1.32. The molecule has 1 unspecified atom stereocenters. The number of carbonyl (C=O) groups is 1. The van der Waals surface area contributed by atoms with E-state index < -0.39 is 0 Å².